The fourth-order valence-corrected chi connectivity index (χ4v) is 3.51. The Labute approximate surface area is 166 Å². The first-order chi connectivity index (χ1) is 13.4. The molecule has 0 spiro atoms. The van der Waals surface area contributed by atoms with Crippen molar-refractivity contribution in [3.63, 3.8) is 0 Å². The van der Waals surface area contributed by atoms with Crippen molar-refractivity contribution in [3.8, 4) is 0 Å². The van der Waals surface area contributed by atoms with Crippen molar-refractivity contribution >= 4 is 17.7 Å². The molecule has 2 aromatic rings. The van der Waals surface area contributed by atoms with Crippen LogP contribution in [0.1, 0.15) is 21.5 Å². The smallest absolute Gasteiger partial charge is 0.379 e. The quantitative estimate of drug-likeness (QED) is 0.730. The standard InChI is InChI=1S/C20H21F3N2O2S/c21-20(22,23)28-18-7-5-15(6-8-18)19(26)24-13-16-3-1-2-4-17(16)14-25-9-11-27-12-10-25/h1-8H,9-14H2,(H,24,26). The lowest BCUT2D eigenvalue weighted by molar-refractivity contribution is -0.0328. The minimum Gasteiger partial charge on any atom is -0.379 e. The largest absolute Gasteiger partial charge is 0.446 e. The van der Waals surface area contributed by atoms with Crippen molar-refractivity contribution in [2.24, 2.45) is 0 Å². The summed E-state index contributed by atoms with van der Waals surface area (Å²) in [6.07, 6.45) is 0. The Kier molecular flexibility index (Phi) is 6.98. The minimum atomic E-state index is -4.34. The average molecular weight is 410 g/mol. The van der Waals surface area contributed by atoms with Crippen LogP contribution in [0.4, 0.5) is 13.2 Å². The summed E-state index contributed by atoms with van der Waals surface area (Å²) in [5.74, 6) is -0.315. The van der Waals surface area contributed by atoms with Gasteiger partial charge in [0.25, 0.3) is 5.91 Å². The van der Waals surface area contributed by atoms with E-state index in [9.17, 15) is 18.0 Å². The number of thioether (sulfide) groups is 1. The van der Waals surface area contributed by atoms with Gasteiger partial charge in [0.15, 0.2) is 0 Å². The van der Waals surface area contributed by atoms with Gasteiger partial charge in [0.1, 0.15) is 0 Å². The summed E-state index contributed by atoms with van der Waals surface area (Å²) in [5, 5.41) is 2.85. The van der Waals surface area contributed by atoms with E-state index in [-0.39, 0.29) is 22.6 Å². The molecule has 1 heterocycles. The number of nitrogens with zero attached hydrogens (tertiary/aromatic N) is 1. The topological polar surface area (TPSA) is 41.6 Å². The number of amides is 1. The van der Waals surface area contributed by atoms with Crippen LogP contribution in [-0.4, -0.2) is 42.6 Å². The first-order valence-electron chi connectivity index (χ1n) is 8.91. The molecular formula is C20H21F3N2O2S. The number of ether oxygens (including phenoxy) is 1. The number of halogens is 3. The summed E-state index contributed by atoms with van der Waals surface area (Å²) in [4.78, 5) is 14.7. The van der Waals surface area contributed by atoms with Crippen LogP contribution in [0.5, 0.6) is 0 Å². The second-order valence-corrected chi connectivity index (χ2v) is 7.55. The van der Waals surface area contributed by atoms with Gasteiger partial charge < -0.3 is 10.1 Å². The highest BCUT2D eigenvalue weighted by Crippen LogP contribution is 2.36. The number of rotatable bonds is 6. The molecule has 0 unspecified atom stereocenters. The Balaban J connectivity index is 1.58. The molecule has 3 rings (SSSR count). The molecule has 2 aromatic carbocycles. The van der Waals surface area contributed by atoms with Gasteiger partial charge in [-0.25, -0.2) is 0 Å². The summed E-state index contributed by atoms with van der Waals surface area (Å²) in [5.41, 5.74) is -1.85. The summed E-state index contributed by atoms with van der Waals surface area (Å²) in [6.45, 7) is 4.35. The molecule has 1 amide bonds. The molecule has 1 aliphatic rings. The number of hydrogen-bond acceptors (Lipinski definition) is 4. The number of benzene rings is 2. The Morgan fingerprint density at radius 2 is 1.68 bits per heavy atom. The molecule has 0 aromatic heterocycles. The van der Waals surface area contributed by atoms with Gasteiger partial charge in [-0.15, -0.1) is 0 Å². The van der Waals surface area contributed by atoms with E-state index in [4.69, 9.17) is 4.74 Å². The molecule has 1 saturated heterocycles. The van der Waals surface area contributed by atoms with Crippen molar-refractivity contribution in [2.45, 2.75) is 23.5 Å². The van der Waals surface area contributed by atoms with Gasteiger partial charge in [-0.3, -0.25) is 9.69 Å². The lowest BCUT2D eigenvalue weighted by Crippen LogP contribution is -2.36. The normalized spacial score (nSPS) is 15.4. The molecule has 8 heteroatoms. The van der Waals surface area contributed by atoms with E-state index in [2.05, 4.69) is 10.2 Å². The zero-order chi connectivity index (χ0) is 20.0. The SMILES string of the molecule is O=C(NCc1ccccc1CN1CCOCC1)c1ccc(SC(F)(F)F)cc1. The van der Waals surface area contributed by atoms with Crippen LogP contribution in [0, 0.1) is 0 Å². The fraction of sp³-hybridized carbons (Fsp3) is 0.350. The summed E-state index contributed by atoms with van der Waals surface area (Å²) < 4.78 is 42.5. The van der Waals surface area contributed by atoms with Crippen LogP contribution in [0.25, 0.3) is 0 Å². The third-order valence-electron chi connectivity index (χ3n) is 4.41. The van der Waals surface area contributed by atoms with Crippen LogP contribution in [0.15, 0.2) is 53.4 Å². The first-order valence-corrected chi connectivity index (χ1v) is 9.73. The van der Waals surface area contributed by atoms with Gasteiger partial charge in [0.2, 0.25) is 0 Å². The molecule has 0 saturated carbocycles. The van der Waals surface area contributed by atoms with E-state index in [0.717, 1.165) is 44.0 Å². The number of nitrogens with one attached hydrogen (secondary N) is 1. The number of alkyl halides is 3. The maximum absolute atomic E-state index is 12.4. The highest BCUT2D eigenvalue weighted by molar-refractivity contribution is 8.00. The highest BCUT2D eigenvalue weighted by atomic mass is 32.2. The highest BCUT2D eigenvalue weighted by Gasteiger charge is 2.29. The van der Waals surface area contributed by atoms with Crippen molar-refractivity contribution in [2.75, 3.05) is 26.3 Å². The maximum Gasteiger partial charge on any atom is 0.446 e. The van der Waals surface area contributed by atoms with Crippen LogP contribution in [0.3, 0.4) is 0 Å². The zero-order valence-corrected chi connectivity index (χ0v) is 16.0. The summed E-state index contributed by atoms with van der Waals surface area (Å²) >= 11 is -0.195. The monoisotopic (exact) mass is 410 g/mol. The molecular weight excluding hydrogens is 389 g/mol. The Hall–Kier alpha value is -2.03. The van der Waals surface area contributed by atoms with Gasteiger partial charge >= 0.3 is 5.51 Å². The Bertz CT molecular complexity index is 791. The predicted octanol–water partition coefficient (Wildman–Crippen LogP) is 4.06. The maximum atomic E-state index is 12.4. The van der Waals surface area contributed by atoms with E-state index < -0.39 is 5.51 Å². The van der Waals surface area contributed by atoms with E-state index in [1.165, 1.54) is 24.3 Å². The van der Waals surface area contributed by atoms with Crippen LogP contribution in [0.2, 0.25) is 0 Å². The van der Waals surface area contributed by atoms with Gasteiger partial charge in [-0.05, 0) is 47.2 Å². The second-order valence-electron chi connectivity index (χ2n) is 6.41. The van der Waals surface area contributed by atoms with Gasteiger partial charge in [-0.1, -0.05) is 24.3 Å². The third kappa shape index (κ3) is 6.25. The Morgan fingerprint density at radius 3 is 2.32 bits per heavy atom. The van der Waals surface area contributed by atoms with Crippen molar-refractivity contribution < 1.29 is 22.7 Å². The second kappa shape index (κ2) is 9.45. The summed E-state index contributed by atoms with van der Waals surface area (Å²) in [6, 6.07) is 13.3. The van der Waals surface area contributed by atoms with Crippen LogP contribution in [-0.2, 0) is 17.8 Å². The van der Waals surface area contributed by atoms with Crippen LogP contribution >= 0.6 is 11.8 Å². The molecule has 0 aliphatic carbocycles. The molecule has 1 fully saturated rings. The molecule has 1 aliphatic heterocycles. The van der Waals surface area contributed by atoms with E-state index in [1.807, 2.05) is 24.3 Å². The molecule has 4 nitrogen and oxygen atoms in total. The molecule has 28 heavy (non-hydrogen) atoms. The van der Waals surface area contributed by atoms with E-state index >= 15 is 0 Å². The van der Waals surface area contributed by atoms with E-state index in [0.29, 0.717) is 12.1 Å². The van der Waals surface area contributed by atoms with Gasteiger partial charge in [-0.2, -0.15) is 13.2 Å². The zero-order valence-electron chi connectivity index (χ0n) is 15.2. The molecule has 0 bridgehead atoms. The molecule has 0 atom stereocenters. The lowest BCUT2D eigenvalue weighted by atomic mass is 10.1. The number of morpholine rings is 1. The van der Waals surface area contributed by atoms with Crippen molar-refractivity contribution in [3.05, 3.63) is 65.2 Å². The minimum absolute atomic E-state index is 0.0555. The lowest BCUT2D eigenvalue weighted by Gasteiger charge is -2.27. The van der Waals surface area contributed by atoms with Crippen molar-refractivity contribution in [1.29, 1.82) is 0 Å². The van der Waals surface area contributed by atoms with Gasteiger partial charge in [0.05, 0.1) is 13.2 Å². The number of carbonyl (C=O) groups excluding carboxylic acids is 1. The van der Waals surface area contributed by atoms with E-state index in [1.54, 1.807) is 0 Å². The summed E-state index contributed by atoms with van der Waals surface area (Å²) in [7, 11) is 0. The molecule has 0 radical (unpaired) electrons. The van der Waals surface area contributed by atoms with Crippen molar-refractivity contribution in [1.82, 2.24) is 10.2 Å². The van der Waals surface area contributed by atoms with Gasteiger partial charge in [0, 0.05) is 36.6 Å². The van der Waals surface area contributed by atoms with Crippen LogP contribution < -0.4 is 5.32 Å². The first kappa shape index (κ1) is 20.7. The number of hydrogen-bond donors (Lipinski definition) is 1. The number of carbonyl (C=O) groups is 1. The third-order valence-corrected chi connectivity index (χ3v) is 5.14. The average Bonchev–Trinajstić information content (AvgIpc) is 2.67. The Morgan fingerprint density at radius 1 is 1.04 bits per heavy atom. The predicted molar refractivity (Wildman–Crippen MR) is 102 cm³/mol. The molecule has 1 N–H and O–H groups in total. The molecule has 150 valence electrons. The fourth-order valence-electron chi connectivity index (χ4n) is 2.97.